The van der Waals surface area contributed by atoms with Gasteiger partial charge in [-0.05, 0) is 36.8 Å². The number of ether oxygens (including phenoxy) is 3. The highest BCUT2D eigenvalue weighted by atomic mass is 16.5. The van der Waals surface area contributed by atoms with Crippen molar-refractivity contribution >= 4 is 17.8 Å². The first kappa shape index (κ1) is 24.6. The highest BCUT2D eigenvalue weighted by molar-refractivity contribution is 6.14. The molecule has 3 heterocycles. The molecule has 9 heteroatoms. The Morgan fingerprint density at radius 2 is 1.94 bits per heavy atom. The Bertz CT molecular complexity index is 1100. The first-order chi connectivity index (χ1) is 17.0. The van der Waals surface area contributed by atoms with Crippen LogP contribution in [0.1, 0.15) is 23.8 Å². The topological polar surface area (TPSA) is 102 Å². The number of amides is 1. The van der Waals surface area contributed by atoms with Gasteiger partial charge < -0.3 is 28.6 Å². The van der Waals surface area contributed by atoms with Crippen molar-refractivity contribution in [3.8, 4) is 11.5 Å². The summed E-state index contributed by atoms with van der Waals surface area (Å²) in [6.07, 6.45) is 4.98. The van der Waals surface area contributed by atoms with Gasteiger partial charge in [-0.15, -0.1) is 0 Å². The maximum absolute atomic E-state index is 13.3. The van der Waals surface area contributed by atoms with Crippen LogP contribution in [0.3, 0.4) is 0 Å². The van der Waals surface area contributed by atoms with Crippen LogP contribution in [-0.4, -0.2) is 80.2 Å². The van der Waals surface area contributed by atoms with Gasteiger partial charge in [-0.25, -0.2) is 0 Å². The summed E-state index contributed by atoms with van der Waals surface area (Å²) in [4.78, 5) is 30.3. The van der Waals surface area contributed by atoms with Crippen LogP contribution >= 0.6 is 0 Å². The van der Waals surface area contributed by atoms with Crippen LogP contribution in [0.25, 0.3) is 6.08 Å². The lowest BCUT2D eigenvalue weighted by atomic mass is 9.94. The van der Waals surface area contributed by atoms with E-state index in [1.165, 1.54) is 37.5 Å². The molecule has 0 saturated carbocycles. The van der Waals surface area contributed by atoms with Gasteiger partial charge in [0.15, 0.2) is 23.0 Å². The second-order valence-electron chi connectivity index (χ2n) is 8.27. The van der Waals surface area contributed by atoms with Crippen molar-refractivity contribution in [2.24, 2.45) is 0 Å². The lowest BCUT2D eigenvalue weighted by Gasteiger charge is -2.30. The van der Waals surface area contributed by atoms with Crippen LogP contribution < -0.4 is 9.47 Å². The third-order valence-corrected chi connectivity index (χ3v) is 6.22. The molecular formula is C26H30N2O7. The first-order valence-electron chi connectivity index (χ1n) is 11.6. The third-order valence-electron chi connectivity index (χ3n) is 6.22. The van der Waals surface area contributed by atoms with Gasteiger partial charge in [0.05, 0.1) is 45.3 Å². The number of aliphatic hydroxyl groups excluding tert-OH is 1. The van der Waals surface area contributed by atoms with E-state index in [0.29, 0.717) is 49.0 Å². The maximum atomic E-state index is 13.3. The minimum atomic E-state index is -0.828. The zero-order valence-corrected chi connectivity index (χ0v) is 19.9. The van der Waals surface area contributed by atoms with Crippen molar-refractivity contribution < 1.29 is 33.3 Å². The lowest BCUT2D eigenvalue weighted by Crippen LogP contribution is -2.39. The quantitative estimate of drug-likeness (QED) is 0.516. The summed E-state index contributed by atoms with van der Waals surface area (Å²) < 4.78 is 21.7. The molecule has 186 valence electrons. The molecule has 0 bridgehead atoms. The molecule has 9 nitrogen and oxygen atoms in total. The number of hydrogen-bond acceptors (Lipinski definition) is 8. The number of para-hydroxylation sites is 1. The predicted molar refractivity (Wildman–Crippen MR) is 128 cm³/mol. The van der Waals surface area contributed by atoms with Crippen molar-refractivity contribution in [1.29, 1.82) is 0 Å². The Kier molecular flexibility index (Phi) is 7.89. The first-order valence-corrected chi connectivity index (χ1v) is 11.6. The van der Waals surface area contributed by atoms with Gasteiger partial charge in [0.25, 0.3) is 5.91 Å². The number of hydrogen-bond donors (Lipinski definition) is 1. The molecule has 1 N–H and O–H groups in total. The second kappa shape index (κ2) is 11.2. The van der Waals surface area contributed by atoms with E-state index in [1.807, 2.05) is 0 Å². The van der Waals surface area contributed by atoms with Gasteiger partial charge in [-0.3, -0.25) is 14.5 Å². The highest BCUT2D eigenvalue weighted by Crippen LogP contribution is 2.44. The number of methoxy groups -OCH3 is 2. The van der Waals surface area contributed by atoms with Gasteiger partial charge in [0, 0.05) is 31.7 Å². The van der Waals surface area contributed by atoms with Gasteiger partial charge in [-0.2, -0.15) is 0 Å². The Hall–Kier alpha value is -3.56. The van der Waals surface area contributed by atoms with E-state index < -0.39 is 23.5 Å². The van der Waals surface area contributed by atoms with Crippen LogP contribution in [0.15, 0.2) is 58.4 Å². The molecule has 1 aromatic heterocycles. The zero-order chi connectivity index (χ0) is 24.8. The summed E-state index contributed by atoms with van der Waals surface area (Å²) in [5.41, 5.74) is 0.557. The number of morpholine rings is 1. The van der Waals surface area contributed by atoms with E-state index in [1.54, 1.807) is 30.3 Å². The smallest absolute Gasteiger partial charge is 0.290 e. The van der Waals surface area contributed by atoms with E-state index in [9.17, 15) is 14.7 Å². The molecule has 0 unspecified atom stereocenters. The van der Waals surface area contributed by atoms with E-state index in [2.05, 4.69) is 4.90 Å². The fraction of sp³-hybridized carbons (Fsp3) is 0.385. The Balaban J connectivity index is 1.66. The number of allylic oxidation sites excluding steroid dienone is 1. The monoisotopic (exact) mass is 482 g/mol. The number of furan rings is 1. The van der Waals surface area contributed by atoms with Crippen LogP contribution in [0, 0.1) is 0 Å². The second-order valence-corrected chi connectivity index (χ2v) is 8.27. The molecule has 1 saturated heterocycles. The summed E-state index contributed by atoms with van der Waals surface area (Å²) in [7, 11) is 3.02. The van der Waals surface area contributed by atoms with Gasteiger partial charge in [0.1, 0.15) is 5.76 Å². The van der Waals surface area contributed by atoms with E-state index in [-0.39, 0.29) is 5.57 Å². The van der Waals surface area contributed by atoms with Crippen LogP contribution in [0.2, 0.25) is 0 Å². The average Bonchev–Trinajstić information content (AvgIpc) is 3.49. The summed E-state index contributed by atoms with van der Waals surface area (Å²) in [5, 5.41) is 10.8. The number of ketones is 1. The molecule has 2 aliphatic heterocycles. The van der Waals surface area contributed by atoms with E-state index in [4.69, 9.17) is 18.6 Å². The molecule has 1 atom stereocenters. The number of carbonyl (C=O) groups is 2. The Morgan fingerprint density at radius 3 is 2.63 bits per heavy atom. The average molecular weight is 483 g/mol. The van der Waals surface area contributed by atoms with Crippen LogP contribution in [0.4, 0.5) is 0 Å². The fourth-order valence-electron chi connectivity index (χ4n) is 4.51. The van der Waals surface area contributed by atoms with Crippen LogP contribution in [-0.2, 0) is 14.3 Å². The van der Waals surface area contributed by atoms with Gasteiger partial charge in [0.2, 0.25) is 0 Å². The molecule has 4 rings (SSSR count). The van der Waals surface area contributed by atoms with Crippen molar-refractivity contribution in [2.75, 3.05) is 53.6 Å². The summed E-state index contributed by atoms with van der Waals surface area (Å²) in [6, 6.07) is 7.87. The van der Waals surface area contributed by atoms with Crippen molar-refractivity contribution in [1.82, 2.24) is 9.80 Å². The van der Waals surface area contributed by atoms with Gasteiger partial charge >= 0.3 is 0 Å². The number of aliphatic hydroxyl groups is 1. The lowest BCUT2D eigenvalue weighted by molar-refractivity contribution is -0.129. The summed E-state index contributed by atoms with van der Waals surface area (Å²) >= 11 is 0. The molecule has 1 amide bonds. The van der Waals surface area contributed by atoms with Crippen LogP contribution in [0.5, 0.6) is 11.5 Å². The Labute approximate surface area is 204 Å². The molecule has 0 aliphatic carbocycles. The largest absolute Gasteiger partial charge is 0.503 e. The third kappa shape index (κ3) is 5.26. The van der Waals surface area contributed by atoms with Crippen molar-refractivity contribution in [3.63, 3.8) is 0 Å². The van der Waals surface area contributed by atoms with Gasteiger partial charge in [-0.1, -0.05) is 12.1 Å². The Morgan fingerprint density at radius 1 is 1.14 bits per heavy atom. The summed E-state index contributed by atoms with van der Waals surface area (Å²) in [5.74, 6) is -0.272. The SMILES string of the molecule is COc1cccc([C@H]2C(C(=O)/C=C/c3ccco3)=C(O)C(=O)N2CCCN2CCOCC2)c1OC. The normalized spacial score (nSPS) is 19.1. The fourth-order valence-corrected chi connectivity index (χ4v) is 4.51. The number of carbonyl (C=O) groups excluding carboxylic acids is 2. The molecular weight excluding hydrogens is 452 g/mol. The number of benzene rings is 1. The van der Waals surface area contributed by atoms with Crippen molar-refractivity contribution in [2.45, 2.75) is 12.5 Å². The standard InChI is InChI=1S/C26H30N2O7/c1-32-21-8-3-7-19(25(21)33-2)23-22(20(29)10-9-18-6-4-15-35-18)24(30)26(31)28(23)12-5-11-27-13-16-34-17-14-27/h3-4,6-10,15,23,30H,5,11-14,16-17H2,1-2H3/b10-9+/t23-/m0/s1. The molecule has 2 aromatic rings. The molecule has 35 heavy (non-hydrogen) atoms. The molecule has 1 aromatic carbocycles. The number of nitrogens with zero attached hydrogens (tertiary/aromatic N) is 2. The summed E-state index contributed by atoms with van der Waals surface area (Å²) in [6.45, 7) is 4.18. The molecule has 2 aliphatic rings. The van der Waals surface area contributed by atoms with Crippen molar-refractivity contribution in [3.05, 3.63) is 65.3 Å². The van der Waals surface area contributed by atoms with E-state index in [0.717, 1.165) is 19.6 Å². The molecule has 0 radical (unpaired) electrons. The molecule has 1 fully saturated rings. The molecule has 0 spiro atoms. The number of rotatable bonds is 10. The maximum Gasteiger partial charge on any atom is 0.290 e. The highest BCUT2D eigenvalue weighted by Gasteiger charge is 2.44. The minimum Gasteiger partial charge on any atom is -0.503 e. The minimum absolute atomic E-state index is 0.00395. The zero-order valence-electron chi connectivity index (χ0n) is 19.9. The predicted octanol–water partition coefficient (Wildman–Crippen LogP) is 3.00. The van der Waals surface area contributed by atoms with E-state index >= 15 is 0 Å².